The molecule has 2 saturated carbocycles. The van der Waals surface area contributed by atoms with Gasteiger partial charge in [-0.05, 0) is 74.5 Å². The first kappa shape index (κ1) is 17.7. The normalized spacial score (nSPS) is 24.4. The van der Waals surface area contributed by atoms with Gasteiger partial charge in [0.2, 0.25) is 0 Å². The molecule has 0 radical (unpaired) electrons. The van der Waals surface area contributed by atoms with Crippen molar-refractivity contribution in [3.8, 4) is 0 Å². The van der Waals surface area contributed by atoms with Crippen LogP contribution in [0.15, 0.2) is 24.3 Å². The van der Waals surface area contributed by atoms with Crippen LogP contribution in [0.3, 0.4) is 0 Å². The van der Waals surface area contributed by atoms with Crippen LogP contribution in [0.5, 0.6) is 0 Å². The van der Waals surface area contributed by atoms with Crippen molar-refractivity contribution in [2.24, 2.45) is 11.8 Å². The molecule has 2 saturated heterocycles. The molecule has 0 unspecified atom stereocenters. The van der Waals surface area contributed by atoms with E-state index in [4.69, 9.17) is 0 Å². The Kier molecular flexibility index (Phi) is 4.18. The number of nitrogens with one attached hydrogen (secondary N) is 1. The van der Waals surface area contributed by atoms with Crippen LogP contribution in [0.2, 0.25) is 0 Å². The predicted octanol–water partition coefficient (Wildman–Crippen LogP) is 2.92. The summed E-state index contributed by atoms with van der Waals surface area (Å²) in [4.78, 5) is 41.9. The number of urea groups is 1. The molecule has 2 heterocycles. The average molecular weight is 381 g/mol. The van der Waals surface area contributed by atoms with Crippen molar-refractivity contribution >= 4 is 17.8 Å². The number of hydrogen-bond donors (Lipinski definition) is 1. The largest absolute Gasteiger partial charge is 0.339 e. The van der Waals surface area contributed by atoms with Gasteiger partial charge in [0, 0.05) is 18.7 Å². The van der Waals surface area contributed by atoms with Gasteiger partial charge < -0.3 is 10.2 Å². The molecule has 0 aromatic heterocycles. The van der Waals surface area contributed by atoms with E-state index in [1.165, 1.54) is 11.3 Å². The molecule has 2 aliphatic heterocycles. The van der Waals surface area contributed by atoms with Crippen LogP contribution in [0.25, 0.3) is 0 Å². The van der Waals surface area contributed by atoms with E-state index in [-0.39, 0.29) is 24.4 Å². The molecule has 4 aliphatic rings. The molecule has 1 aromatic carbocycles. The highest BCUT2D eigenvalue weighted by atomic mass is 16.2. The van der Waals surface area contributed by atoms with Crippen molar-refractivity contribution in [3.63, 3.8) is 0 Å². The van der Waals surface area contributed by atoms with Crippen molar-refractivity contribution < 1.29 is 14.4 Å². The van der Waals surface area contributed by atoms with Crippen molar-refractivity contribution in [3.05, 3.63) is 35.4 Å². The van der Waals surface area contributed by atoms with Crippen molar-refractivity contribution in [1.29, 1.82) is 0 Å². The second-order valence-corrected chi connectivity index (χ2v) is 8.79. The Labute approximate surface area is 165 Å². The SMILES string of the molecule is O=C(c1cccc(CN2C(=O)NC(C3CC3)(C3CC3)C2=O)c1)N1CCCCC1. The number of rotatable bonds is 5. The van der Waals surface area contributed by atoms with Gasteiger partial charge in [-0.1, -0.05) is 12.1 Å². The molecule has 148 valence electrons. The highest BCUT2D eigenvalue weighted by Crippen LogP contribution is 2.54. The van der Waals surface area contributed by atoms with E-state index >= 15 is 0 Å². The molecule has 28 heavy (non-hydrogen) atoms. The Balaban J connectivity index is 1.34. The van der Waals surface area contributed by atoms with Crippen LogP contribution in [0, 0.1) is 11.8 Å². The van der Waals surface area contributed by atoms with E-state index < -0.39 is 5.54 Å². The molecule has 0 bridgehead atoms. The highest BCUT2D eigenvalue weighted by Gasteiger charge is 2.65. The summed E-state index contributed by atoms with van der Waals surface area (Å²) < 4.78 is 0. The number of likely N-dealkylation sites (tertiary alicyclic amines) is 1. The number of nitrogens with zero attached hydrogens (tertiary/aromatic N) is 2. The zero-order valence-corrected chi connectivity index (χ0v) is 16.2. The zero-order chi connectivity index (χ0) is 19.3. The summed E-state index contributed by atoms with van der Waals surface area (Å²) in [6.45, 7) is 1.84. The lowest BCUT2D eigenvalue weighted by Gasteiger charge is -2.27. The van der Waals surface area contributed by atoms with Gasteiger partial charge in [-0.15, -0.1) is 0 Å². The molecule has 4 amide bonds. The third-order valence-electron chi connectivity index (χ3n) is 6.76. The number of imide groups is 1. The maximum absolute atomic E-state index is 13.2. The van der Waals surface area contributed by atoms with Crippen LogP contribution in [0.1, 0.15) is 60.9 Å². The molecular weight excluding hydrogens is 354 g/mol. The van der Waals surface area contributed by atoms with Crippen molar-refractivity contribution in [2.45, 2.75) is 57.0 Å². The van der Waals surface area contributed by atoms with Gasteiger partial charge in [-0.3, -0.25) is 14.5 Å². The lowest BCUT2D eigenvalue weighted by atomic mass is 9.87. The standard InChI is InChI=1S/C22H27N3O3/c26-19(24-11-2-1-3-12-24)16-6-4-5-15(13-16)14-25-20(27)22(17-7-8-17,18-9-10-18)23-21(25)28/h4-6,13,17-18H,1-3,7-12,14H2,(H,23,28). The summed E-state index contributed by atoms with van der Waals surface area (Å²) in [5.74, 6) is 0.584. The lowest BCUT2D eigenvalue weighted by Crippen LogP contribution is -2.51. The number of benzene rings is 1. The molecular formula is C22H27N3O3. The zero-order valence-electron chi connectivity index (χ0n) is 16.2. The first-order valence-electron chi connectivity index (χ1n) is 10.6. The summed E-state index contributed by atoms with van der Waals surface area (Å²) in [5.41, 5.74) is 0.814. The van der Waals surface area contributed by atoms with Gasteiger partial charge >= 0.3 is 6.03 Å². The molecule has 2 aliphatic carbocycles. The van der Waals surface area contributed by atoms with Gasteiger partial charge in [0.25, 0.3) is 11.8 Å². The maximum Gasteiger partial charge on any atom is 0.325 e. The minimum atomic E-state index is -0.654. The van der Waals surface area contributed by atoms with E-state index in [9.17, 15) is 14.4 Å². The fraction of sp³-hybridized carbons (Fsp3) is 0.591. The first-order valence-corrected chi connectivity index (χ1v) is 10.6. The van der Waals surface area contributed by atoms with Gasteiger partial charge in [-0.25, -0.2) is 4.79 Å². The molecule has 0 atom stereocenters. The second-order valence-electron chi connectivity index (χ2n) is 8.79. The van der Waals surface area contributed by atoms with Crippen LogP contribution >= 0.6 is 0 Å². The number of hydrogen-bond acceptors (Lipinski definition) is 3. The van der Waals surface area contributed by atoms with Gasteiger partial charge in [0.05, 0.1) is 6.54 Å². The van der Waals surface area contributed by atoms with Crippen LogP contribution < -0.4 is 5.32 Å². The quantitative estimate of drug-likeness (QED) is 0.798. The summed E-state index contributed by atoms with van der Waals surface area (Å²) in [7, 11) is 0. The number of carbonyl (C=O) groups is 3. The van der Waals surface area contributed by atoms with Crippen molar-refractivity contribution in [2.75, 3.05) is 13.1 Å². The molecule has 6 nitrogen and oxygen atoms in total. The third-order valence-corrected chi connectivity index (χ3v) is 6.76. The van der Waals surface area contributed by atoms with Crippen molar-refractivity contribution in [1.82, 2.24) is 15.1 Å². The minimum Gasteiger partial charge on any atom is -0.339 e. The van der Waals surface area contributed by atoms with Crippen LogP contribution in [-0.4, -0.2) is 46.3 Å². The third kappa shape index (κ3) is 2.90. The molecule has 4 fully saturated rings. The molecule has 1 aromatic rings. The van der Waals surface area contributed by atoms with Crippen LogP contribution in [0.4, 0.5) is 4.79 Å². The summed E-state index contributed by atoms with van der Waals surface area (Å²) in [6, 6.07) is 7.12. The van der Waals surface area contributed by atoms with E-state index in [2.05, 4.69) is 5.32 Å². The fourth-order valence-corrected chi connectivity index (χ4v) is 4.99. The Hall–Kier alpha value is -2.37. The Morgan fingerprint density at radius 2 is 1.71 bits per heavy atom. The highest BCUT2D eigenvalue weighted by molar-refractivity contribution is 6.08. The number of piperidine rings is 1. The first-order chi connectivity index (χ1) is 13.6. The Morgan fingerprint density at radius 1 is 1.04 bits per heavy atom. The van der Waals surface area contributed by atoms with E-state index in [1.54, 1.807) is 0 Å². The van der Waals surface area contributed by atoms with Crippen LogP contribution in [-0.2, 0) is 11.3 Å². The van der Waals surface area contributed by atoms with E-state index in [0.29, 0.717) is 17.4 Å². The van der Waals surface area contributed by atoms with E-state index in [1.807, 2.05) is 29.2 Å². The number of carbonyl (C=O) groups excluding carboxylic acids is 3. The molecule has 0 spiro atoms. The average Bonchev–Trinajstić information content (AvgIpc) is 3.63. The molecule has 1 N–H and O–H groups in total. The van der Waals surface area contributed by atoms with Gasteiger partial charge in [0.15, 0.2) is 0 Å². The van der Waals surface area contributed by atoms with E-state index in [0.717, 1.165) is 57.2 Å². The summed E-state index contributed by atoms with van der Waals surface area (Å²) >= 11 is 0. The smallest absolute Gasteiger partial charge is 0.325 e. The Bertz CT molecular complexity index is 810. The summed E-state index contributed by atoms with van der Waals surface area (Å²) in [5, 5.41) is 3.06. The lowest BCUT2D eigenvalue weighted by molar-refractivity contribution is -0.133. The molecule has 5 rings (SSSR count). The monoisotopic (exact) mass is 381 g/mol. The topological polar surface area (TPSA) is 69.7 Å². The second kappa shape index (κ2) is 6.61. The minimum absolute atomic E-state index is 0.0454. The summed E-state index contributed by atoms with van der Waals surface area (Å²) in [6.07, 6.45) is 7.38. The van der Waals surface area contributed by atoms with Gasteiger partial charge in [-0.2, -0.15) is 0 Å². The number of amides is 4. The fourth-order valence-electron chi connectivity index (χ4n) is 4.99. The Morgan fingerprint density at radius 3 is 2.36 bits per heavy atom. The molecule has 6 heteroatoms. The van der Waals surface area contributed by atoms with Gasteiger partial charge in [0.1, 0.15) is 5.54 Å². The predicted molar refractivity (Wildman–Crippen MR) is 103 cm³/mol. The maximum atomic E-state index is 13.2.